The van der Waals surface area contributed by atoms with Gasteiger partial charge in [0.15, 0.2) is 5.82 Å². The van der Waals surface area contributed by atoms with Crippen molar-refractivity contribution in [3.05, 3.63) is 66.0 Å². The first-order valence-corrected chi connectivity index (χ1v) is 9.38. The van der Waals surface area contributed by atoms with Gasteiger partial charge in [-0.1, -0.05) is 30.0 Å². The molecule has 0 radical (unpaired) electrons. The molecule has 0 fully saturated rings. The highest BCUT2D eigenvalue weighted by Crippen LogP contribution is 2.25. The molecule has 2 aromatic carbocycles. The van der Waals surface area contributed by atoms with Gasteiger partial charge in [0.1, 0.15) is 18.1 Å². The molecule has 3 aromatic rings. The van der Waals surface area contributed by atoms with Gasteiger partial charge in [0, 0.05) is 5.75 Å². The smallest absolute Gasteiger partial charge is 0.212 e. The van der Waals surface area contributed by atoms with Crippen LogP contribution in [0.15, 0.2) is 64.9 Å². The van der Waals surface area contributed by atoms with E-state index in [4.69, 9.17) is 14.6 Å². The SMILES string of the molecule is CCOc1ccc(C2=Nn3c(COc4ccccc4)nnc3SC2)cc1. The Morgan fingerprint density at radius 2 is 1.73 bits per heavy atom. The molecule has 0 saturated carbocycles. The second-order valence-corrected chi connectivity index (χ2v) is 6.55. The van der Waals surface area contributed by atoms with Crippen LogP contribution in [0.25, 0.3) is 0 Å². The average Bonchev–Trinajstić information content (AvgIpc) is 3.10. The maximum Gasteiger partial charge on any atom is 0.212 e. The standard InChI is InChI=1S/C19H18N4O2S/c1-2-24-16-10-8-14(9-11-16)17-13-26-19-21-20-18(23(19)22-17)12-25-15-6-4-3-5-7-15/h3-11H,2,12-13H2,1H3. The Bertz CT molecular complexity index is 907. The highest BCUT2D eigenvalue weighted by molar-refractivity contribution is 7.99. The molecule has 0 aliphatic carbocycles. The summed E-state index contributed by atoms with van der Waals surface area (Å²) >= 11 is 1.62. The van der Waals surface area contributed by atoms with Crippen molar-refractivity contribution < 1.29 is 9.47 Å². The van der Waals surface area contributed by atoms with Crippen LogP contribution in [-0.2, 0) is 6.61 Å². The maximum absolute atomic E-state index is 5.78. The van der Waals surface area contributed by atoms with Crippen molar-refractivity contribution >= 4 is 17.5 Å². The molecular weight excluding hydrogens is 348 g/mol. The lowest BCUT2D eigenvalue weighted by atomic mass is 10.1. The summed E-state index contributed by atoms with van der Waals surface area (Å²) in [5.41, 5.74) is 2.04. The normalized spacial score (nSPS) is 13.0. The molecule has 0 atom stereocenters. The van der Waals surface area contributed by atoms with E-state index in [0.717, 1.165) is 33.7 Å². The van der Waals surface area contributed by atoms with E-state index in [0.29, 0.717) is 19.0 Å². The van der Waals surface area contributed by atoms with E-state index in [1.165, 1.54) is 0 Å². The molecule has 0 spiro atoms. The van der Waals surface area contributed by atoms with Crippen molar-refractivity contribution in [1.29, 1.82) is 0 Å². The lowest BCUT2D eigenvalue weighted by molar-refractivity contribution is 0.290. The average molecular weight is 366 g/mol. The number of ether oxygens (including phenoxy) is 2. The molecule has 2 heterocycles. The van der Waals surface area contributed by atoms with E-state index in [1.54, 1.807) is 16.4 Å². The predicted octanol–water partition coefficient (Wildman–Crippen LogP) is 3.61. The van der Waals surface area contributed by atoms with Gasteiger partial charge in [-0.25, -0.2) is 0 Å². The zero-order valence-electron chi connectivity index (χ0n) is 14.3. The minimum atomic E-state index is 0.317. The van der Waals surface area contributed by atoms with E-state index < -0.39 is 0 Å². The fourth-order valence-electron chi connectivity index (χ4n) is 2.57. The van der Waals surface area contributed by atoms with Gasteiger partial charge in [-0.3, -0.25) is 0 Å². The van der Waals surface area contributed by atoms with Crippen molar-refractivity contribution in [2.75, 3.05) is 12.4 Å². The lowest BCUT2D eigenvalue weighted by Gasteiger charge is -2.14. The summed E-state index contributed by atoms with van der Waals surface area (Å²) in [4.78, 5) is 0. The van der Waals surface area contributed by atoms with Crippen LogP contribution in [0.1, 0.15) is 18.3 Å². The Labute approximate surface area is 155 Å². The molecule has 6 nitrogen and oxygen atoms in total. The van der Waals surface area contributed by atoms with Gasteiger partial charge >= 0.3 is 0 Å². The van der Waals surface area contributed by atoms with Crippen molar-refractivity contribution in [1.82, 2.24) is 14.9 Å². The molecule has 4 rings (SSSR count). The van der Waals surface area contributed by atoms with Crippen molar-refractivity contribution in [2.45, 2.75) is 18.7 Å². The number of para-hydroxylation sites is 1. The van der Waals surface area contributed by atoms with Gasteiger partial charge in [-0.2, -0.15) is 9.78 Å². The third-order valence-electron chi connectivity index (χ3n) is 3.85. The first kappa shape index (κ1) is 16.7. The van der Waals surface area contributed by atoms with Gasteiger partial charge in [0.05, 0.1) is 12.3 Å². The Kier molecular flexibility index (Phi) is 4.88. The van der Waals surface area contributed by atoms with Crippen LogP contribution < -0.4 is 9.47 Å². The van der Waals surface area contributed by atoms with Crippen LogP contribution in [0.5, 0.6) is 11.5 Å². The van der Waals surface area contributed by atoms with Gasteiger partial charge in [-0.15, -0.1) is 10.2 Å². The Balaban J connectivity index is 1.54. The van der Waals surface area contributed by atoms with Crippen LogP contribution in [0.4, 0.5) is 0 Å². The molecule has 0 saturated heterocycles. The largest absolute Gasteiger partial charge is 0.494 e. The molecule has 0 N–H and O–H groups in total. The van der Waals surface area contributed by atoms with Gasteiger partial charge in [0.25, 0.3) is 0 Å². The summed E-state index contributed by atoms with van der Waals surface area (Å²) in [6, 6.07) is 17.6. The predicted molar refractivity (Wildman–Crippen MR) is 101 cm³/mol. The topological polar surface area (TPSA) is 61.5 Å². The third kappa shape index (κ3) is 3.57. The summed E-state index contributed by atoms with van der Waals surface area (Å²) in [6.07, 6.45) is 0. The second-order valence-electron chi connectivity index (χ2n) is 5.61. The Morgan fingerprint density at radius 1 is 0.962 bits per heavy atom. The number of rotatable bonds is 6. The molecule has 7 heteroatoms. The third-order valence-corrected chi connectivity index (χ3v) is 4.78. The molecule has 1 aromatic heterocycles. The zero-order valence-corrected chi connectivity index (χ0v) is 15.1. The summed E-state index contributed by atoms with van der Waals surface area (Å²) in [5, 5.41) is 13.9. The quantitative estimate of drug-likeness (QED) is 0.667. The monoisotopic (exact) mass is 366 g/mol. The number of thioether (sulfide) groups is 1. The number of benzene rings is 2. The Morgan fingerprint density at radius 3 is 2.50 bits per heavy atom. The highest BCUT2D eigenvalue weighted by Gasteiger charge is 2.20. The van der Waals surface area contributed by atoms with E-state index in [2.05, 4.69) is 10.2 Å². The summed E-state index contributed by atoms with van der Waals surface area (Å²) < 4.78 is 13.0. The number of fused-ring (bicyclic) bond motifs is 1. The number of hydrogen-bond acceptors (Lipinski definition) is 6. The van der Waals surface area contributed by atoms with E-state index >= 15 is 0 Å². The van der Waals surface area contributed by atoms with E-state index in [9.17, 15) is 0 Å². The minimum Gasteiger partial charge on any atom is -0.494 e. The molecule has 132 valence electrons. The van der Waals surface area contributed by atoms with Gasteiger partial charge in [0.2, 0.25) is 5.16 Å². The molecule has 26 heavy (non-hydrogen) atoms. The summed E-state index contributed by atoms with van der Waals surface area (Å²) in [7, 11) is 0. The van der Waals surface area contributed by atoms with Crippen LogP contribution in [-0.4, -0.2) is 32.9 Å². The summed E-state index contributed by atoms with van der Waals surface area (Å²) in [6.45, 7) is 2.95. The molecular formula is C19H18N4O2S. The molecule has 1 aliphatic rings. The van der Waals surface area contributed by atoms with Crippen LogP contribution in [0.2, 0.25) is 0 Å². The van der Waals surface area contributed by atoms with E-state index in [-0.39, 0.29) is 0 Å². The Hall–Kier alpha value is -2.80. The summed E-state index contributed by atoms with van der Waals surface area (Å²) in [5.74, 6) is 3.09. The molecule has 0 unspecified atom stereocenters. The molecule has 0 bridgehead atoms. The second kappa shape index (κ2) is 7.61. The first-order valence-electron chi connectivity index (χ1n) is 8.39. The van der Waals surface area contributed by atoms with Crippen molar-refractivity contribution in [3.8, 4) is 11.5 Å². The van der Waals surface area contributed by atoms with Crippen LogP contribution >= 0.6 is 11.8 Å². The van der Waals surface area contributed by atoms with Crippen molar-refractivity contribution in [3.63, 3.8) is 0 Å². The zero-order chi connectivity index (χ0) is 17.8. The highest BCUT2D eigenvalue weighted by atomic mass is 32.2. The number of aromatic nitrogens is 3. The maximum atomic E-state index is 5.78. The fourth-order valence-corrected chi connectivity index (χ4v) is 3.43. The van der Waals surface area contributed by atoms with Gasteiger partial charge in [-0.05, 0) is 48.9 Å². The number of hydrogen-bond donors (Lipinski definition) is 0. The minimum absolute atomic E-state index is 0.317. The fraction of sp³-hybridized carbons (Fsp3) is 0.211. The lowest BCUT2D eigenvalue weighted by Crippen LogP contribution is -2.15. The van der Waals surface area contributed by atoms with Crippen LogP contribution in [0.3, 0.4) is 0 Å². The molecule has 1 aliphatic heterocycles. The number of nitrogens with zero attached hydrogens (tertiary/aromatic N) is 4. The van der Waals surface area contributed by atoms with Crippen molar-refractivity contribution in [2.24, 2.45) is 5.10 Å². The van der Waals surface area contributed by atoms with E-state index in [1.807, 2.05) is 61.5 Å². The van der Waals surface area contributed by atoms with Crippen LogP contribution in [0, 0.1) is 0 Å². The first-order chi connectivity index (χ1) is 12.8. The van der Waals surface area contributed by atoms with Gasteiger partial charge < -0.3 is 9.47 Å². The molecule has 0 amide bonds.